The van der Waals surface area contributed by atoms with E-state index >= 15 is 0 Å². The first-order valence-electron chi connectivity index (χ1n) is 16.0. The molecule has 0 aromatic carbocycles. The van der Waals surface area contributed by atoms with Crippen LogP contribution in [0.5, 0.6) is 0 Å². The summed E-state index contributed by atoms with van der Waals surface area (Å²) < 4.78 is 2.07. The van der Waals surface area contributed by atoms with Crippen LogP contribution in [0.1, 0.15) is 144 Å². The minimum atomic E-state index is -1.39. The van der Waals surface area contributed by atoms with Crippen molar-refractivity contribution in [2.75, 3.05) is 37.0 Å². The van der Waals surface area contributed by atoms with Gasteiger partial charge in [-0.25, -0.2) is 0 Å². The number of hydrogen-bond acceptors (Lipinski definition) is 0. The standard InChI is InChI=1S/2C12H27P.C8H11.Ni/c2*1-4-7-10-13(11-8-5-2)12-9-6-3;1-2-4-6-8-7-5-3-1;/h2*4-12H2,1-3H3;1-2,7H,3-6H2;/q;;;-2/p+2. The first-order valence-corrected chi connectivity index (χ1v) is 24.4. The second-order valence-corrected chi connectivity index (χ2v) is 30.1. The number of unbranched alkanes of at least 4 members (excludes halogenated alkanes) is 6. The van der Waals surface area contributed by atoms with Gasteiger partial charge < -0.3 is 0 Å². The van der Waals surface area contributed by atoms with Gasteiger partial charge in [0.15, 0.2) is 0 Å². The SMILES string of the molecule is CCCC[PH](CCCC)(CCCC)[Ni]([C]1=CCCC=CCC1)[PH](CCCC)(CCCC)CCCC. The van der Waals surface area contributed by atoms with Gasteiger partial charge in [0.05, 0.1) is 0 Å². The van der Waals surface area contributed by atoms with Gasteiger partial charge in [-0.3, -0.25) is 0 Å². The zero-order valence-electron chi connectivity index (χ0n) is 25.1. The van der Waals surface area contributed by atoms with Crippen LogP contribution in [-0.2, 0) is 12.5 Å². The molecule has 0 aromatic heterocycles. The van der Waals surface area contributed by atoms with Crippen LogP contribution in [0.4, 0.5) is 0 Å². The Hall–Kier alpha value is 0.834. The Morgan fingerprint density at radius 1 is 0.514 bits per heavy atom. The Kier molecular flexibility index (Phi) is 20.1. The number of hydrogen-bond donors (Lipinski definition) is 0. The van der Waals surface area contributed by atoms with E-state index in [4.69, 9.17) is 0 Å². The van der Waals surface area contributed by atoms with Crippen LogP contribution in [-0.4, -0.2) is 37.0 Å². The molecular weight excluding hydrogens is 505 g/mol. The molecule has 0 unspecified atom stereocenters. The van der Waals surface area contributed by atoms with Crippen molar-refractivity contribution in [3.63, 3.8) is 0 Å². The zero-order valence-corrected chi connectivity index (χ0v) is 28.1. The monoisotopic (exact) mass is 571 g/mol. The molecule has 1 aliphatic carbocycles. The maximum absolute atomic E-state index is 2.87. The molecular formula is C32H67NiP2. The molecule has 0 nitrogen and oxygen atoms in total. The number of allylic oxidation sites excluding steroid dienone is 4. The molecule has 3 heteroatoms. The van der Waals surface area contributed by atoms with Crippen molar-refractivity contribution in [3.05, 3.63) is 22.8 Å². The van der Waals surface area contributed by atoms with Gasteiger partial charge in [0, 0.05) is 0 Å². The van der Waals surface area contributed by atoms with Gasteiger partial charge in [0.25, 0.3) is 0 Å². The van der Waals surface area contributed by atoms with Crippen LogP contribution in [0.15, 0.2) is 22.8 Å². The second-order valence-electron chi connectivity index (χ2n) is 11.2. The van der Waals surface area contributed by atoms with Crippen molar-refractivity contribution in [2.45, 2.75) is 144 Å². The van der Waals surface area contributed by atoms with Crippen molar-refractivity contribution in [1.82, 2.24) is 0 Å². The Labute approximate surface area is 227 Å². The van der Waals surface area contributed by atoms with Crippen LogP contribution in [0, 0.1) is 0 Å². The Morgan fingerprint density at radius 3 is 1.20 bits per heavy atom. The van der Waals surface area contributed by atoms with Crippen molar-refractivity contribution in [2.24, 2.45) is 0 Å². The van der Waals surface area contributed by atoms with Gasteiger partial charge in [0.2, 0.25) is 0 Å². The van der Waals surface area contributed by atoms with Crippen LogP contribution in [0.25, 0.3) is 0 Å². The second kappa shape index (κ2) is 20.8. The molecule has 35 heavy (non-hydrogen) atoms. The fourth-order valence-electron chi connectivity index (χ4n) is 5.93. The van der Waals surface area contributed by atoms with E-state index < -0.39 is 12.1 Å². The molecule has 1 aliphatic rings. The molecule has 0 bridgehead atoms. The third kappa shape index (κ3) is 11.6. The Bertz CT molecular complexity index is 492. The molecule has 215 valence electrons. The first kappa shape index (κ1) is 33.9. The summed E-state index contributed by atoms with van der Waals surface area (Å²) in [5.74, 6) is 0. The maximum atomic E-state index is 2.87. The Balaban J connectivity index is 3.80. The van der Waals surface area contributed by atoms with Gasteiger partial charge in [-0.2, -0.15) is 0 Å². The molecule has 0 atom stereocenters. The van der Waals surface area contributed by atoms with E-state index in [1.807, 2.05) is 0 Å². The van der Waals surface area contributed by atoms with E-state index in [9.17, 15) is 0 Å². The van der Waals surface area contributed by atoms with Crippen LogP contribution in [0.3, 0.4) is 0 Å². The quantitative estimate of drug-likeness (QED) is 0.0729. The van der Waals surface area contributed by atoms with Crippen molar-refractivity contribution in [1.29, 1.82) is 0 Å². The van der Waals surface area contributed by atoms with Crippen LogP contribution >= 0.6 is 12.1 Å². The molecule has 0 saturated heterocycles. The third-order valence-corrected chi connectivity index (χ3v) is 38.5. The molecule has 1 rings (SSSR count). The zero-order chi connectivity index (χ0) is 25.8. The summed E-state index contributed by atoms with van der Waals surface area (Å²) in [4.78, 5) is 0. The minimum absolute atomic E-state index is 0.471. The van der Waals surface area contributed by atoms with Crippen molar-refractivity contribution in [3.8, 4) is 0 Å². The van der Waals surface area contributed by atoms with Gasteiger partial charge in [0.1, 0.15) is 0 Å². The summed E-state index contributed by atoms with van der Waals surface area (Å²) in [6, 6.07) is -2.78. The van der Waals surface area contributed by atoms with E-state index in [1.54, 1.807) is 37.0 Å². The summed E-state index contributed by atoms with van der Waals surface area (Å²) in [5.41, 5.74) is 0. The molecule has 0 saturated carbocycles. The van der Waals surface area contributed by atoms with Gasteiger partial charge >= 0.3 is 229 Å². The van der Waals surface area contributed by atoms with E-state index in [0.29, 0.717) is 12.5 Å². The van der Waals surface area contributed by atoms with Gasteiger partial charge in [-0.1, -0.05) is 0 Å². The van der Waals surface area contributed by atoms with Gasteiger partial charge in [-0.15, -0.1) is 0 Å². The van der Waals surface area contributed by atoms with E-state index in [0.717, 1.165) is 0 Å². The van der Waals surface area contributed by atoms with Crippen molar-refractivity contribution >= 4 is 12.1 Å². The van der Waals surface area contributed by atoms with Crippen LogP contribution < -0.4 is 0 Å². The average molecular weight is 573 g/mol. The van der Waals surface area contributed by atoms with Crippen LogP contribution in [0.2, 0.25) is 0 Å². The fraction of sp³-hybridized carbons (Fsp3) is 0.875. The summed E-state index contributed by atoms with van der Waals surface area (Å²) in [7, 11) is 0. The summed E-state index contributed by atoms with van der Waals surface area (Å²) in [6.07, 6.45) is 40.7. The molecule has 0 aliphatic heterocycles. The molecule has 0 fully saturated rings. The van der Waals surface area contributed by atoms with Gasteiger partial charge in [-0.05, 0) is 0 Å². The van der Waals surface area contributed by atoms with Crippen molar-refractivity contribution < 1.29 is 12.5 Å². The predicted molar refractivity (Wildman–Crippen MR) is 171 cm³/mol. The summed E-state index contributed by atoms with van der Waals surface area (Å²) >= 11 is 0.471. The Morgan fingerprint density at radius 2 is 0.857 bits per heavy atom. The molecule has 0 N–H and O–H groups in total. The molecule has 0 heterocycles. The normalized spacial score (nSPS) is 16.5. The predicted octanol–water partition coefficient (Wildman–Crippen LogP) is 11.7. The molecule has 0 aromatic rings. The summed E-state index contributed by atoms with van der Waals surface area (Å²) in [5, 5.41) is 0. The molecule has 0 radical (unpaired) electrons. The number of rotatable bonds is 21. The topological polar surface area (TPSA) is 0 Å². The average Bonchev–Trinajstić information content (AvgIpc) is 2.86. The fourth-order valence-corrected chi connectivity index (χ4v) is 47.3. The van der Waals surface area contributed by atoms with E-state index in [2.05, 4.69) is 64.3 Å². The van der Waals surface area contributed by atoms with E-state index in [-0.39, 0.29) is 0 Å². The summed E-state index contributed by atoms with van der Waals surface area (Å²) in [6.45, 7) is 14.8. The molecule has 0 amide bonds. The first-order chi connectivity index (χ1) is 17.1. The third-order valence-electron chi connectivity index (χ3n) is 8.04. The van der Waals surface area contributed by atoms with E-state index in [1.165, 1.54) is 103 Å². The molecule has 0 spiro atoms.